The summed E-state index contributed by atoms with van der Waals surface area (Å²) in [4.78, 5) is 0. The topological polar surface area (TPSA) is 32.3 Å². The van der Waals surface area contributed by atoms with Crippen molar-refractivity contribution in [1.29, 1.82) is 0 Å². The van der Waals surface area contributed by atoms with Crippen molar-refractivity contribution in [3.05, 3.63) is 65.2 Å². The number of benzene rings is 2. The van der Waals surface area contributed by atoms with Crippen LogP contribution in [0.4, 0.5) is 8.78 Å². The predicted molar refractivity (Wildman–Crippen MR) is 70.0 cm³/mol. The second kappa shape index (κ2) is 5.80. The lowest BCUT2D eigenvalue weighted by molar-refractivity contribution is 0.474. The summed E-state index contributed by atoms with van der Waals surface area (Å²) in [5.74, 6) is -0.948. The molecule has 2 nitrogen and oxygen atoms in total. The van der Waals surface area contributed by atoms with Crippen LogP contribution in [0.3, 0.4) is 0 Å². The largest absolute Gasteiger partial charge is 0.508 e. The molecule has 0 radical (unpaired) electrons. The molecule has 2 rings (SSSR count). The molecule has 0 heterocycles. The second-order valence-electron chi connectivity index (χ2n) is 4.38. The summed E-state index contributed by atoms with van der Waals surface area (Å²) < 4.78 is 26.6. The highest BCUT2D eigenvalue weighted by molar-refractivity contribution is 5.29. The Morgan fingerprint density at radius 3 is 2.37 bits per heavy atom. The van der Waals surface area contributed by atoms with Gasteiger partial charge in [0, 0.05) is 17.7 Å². The fourth-order valence-corrected chi connectivity index (χ4v) is 2.02. The molecule has 4 heteroatoms. The van der Waals surface area contributed by atoms with Gasteiger partial charge in [-0.25, -0.2) is 8.78 Å². The molecule has 2 aromatic carbocycles. The quantitative estimate of drug-likeness (QED) is 0.888. The van der Waals surface area contributed by atoms with Gasteiger partial charge in [-0.2, -0.15) is 0 Å². The lowest BCUT2D eigenvalue weighted by Gasteiger charge is -2.17. The molecular weight excluding hydrogens is 248 g/mol. The molecule has 1 atom stereocenters. The van der Waals surface area contributed by atoms with E-state index in [1.165, 1.54) is 12.1 Å². The summed E-state index contributed by atoms with van der Waals surface area (Å²) in [5, 5.41) is 12.2. The number of hydrogen-bond donors (Lipinski definition) is 2. The Bertz CT molecular complexity index is 555. The average molecular weight is 263 g/mol. The lowest BCUT2D eigenvalue weighted by atomic mass is 9.98. The lowest BCUT2D eigenvalue weighted by Crippen LogP contribution is -2.20. The number of hydrogen-bond acceptors (Lipinski definition) is 2. The Balaban J connectivity index is 2.22. The van der Waals surface area contributed by atoms with Crippen molar-refractivity contribution in [2.45, 2.75) is 12.5 Å². The summed E-state index contributed by atoms with van der Waals surface area (Å²) in [5.41, 5.74) is 1.39. The zero-order valence-corrected chi connectivity index (χ0v) is 10.5. The Hall–Kier alpha value is -1.94. The highest BCUT2D eigenvalue weighted by Gasteiger charge is 2.15. The van der Waals surface area contributed by atoms with Gasteiger partial charge in [0.15, 0.2) is 0 Å². The zero-order valence-electron chi connectivity index (χ0n) is 10.5. The first kappa shape index (κ1) is 13.5. The van der Waals surface area contributed by atoms with Gasteiger partial charge in [-0.3, -0.25) is 0 Å². The minimum atomic E-state index is -0.583. The molecule has 0 aliphatic rings. The van der Waals surface area contributed by atoms with E-state index in [1.54, 1.807) is 31.3 Å². The normalized spacial score (nSPS) is 12.4. The number of rotatable bonds is 4. The molecule has 0 aliphatic carbocycles. The van der Waals surface area contributed by atoms with E-state index >= 15 is 0 Å². The molecule has 0 aromatic heterocycles. The molecule has 0 aliphatic heterocycles. The molecule has 1 unspecified atom stereocenters. The van der Waals surface area contributed by atoms with E-state index in [0.29, 0.717) is 12.0 Å². The monoisotopic (exact) mass is 263 g/mol. The Morgan fingerprint density at radius 1 is 1.11 bits per heavy atom. The van der Waals surface area contributed by atoms with Gasteiger partial charge in [-0.15, -0.1) is 0 Å². The highest BCUT2D eigenvalue weighted by Crippen LogP contribution is 2.22. The van der Waals surface area contributed by atoms with Crippen LogP contribution in [0.1, 0.15) is 17.2 Å². The van der Waals surface area contributed by atoms with Crippen molar-refractivity contribution in [1.82, 2.24) is 5.32 Å². The Kier molecular flexibility index (Phi) is 4.12. The highest BCUT2D eigenvalue weighted by atomic mass is 19.1. The van der Waals surface area contributed by atoms with Crippen molar-refractivity contribution >= 4 is 0 Å². The van der Waals surface area contributed by atoms with Gasteiger partial charge in [0.1, 0.15) is 17.4 Å². The molecule has 2 aromatic rings. The number of nitrogens with one attached hydrogen (secondary N) is 1. The maximum atomic E-state index is 13.7. The third kappa shape index (κ3) is 3.29. The number of likely N-dealkylation sites (N-methyl/N-ethyl adjacent to an activating group) is 1. The molecule has 0 saturated heterocycles. The standard InChI is InChI=1S/C15H15F2NO/c1-18-15(8-10-2-5-12(19)6-3-10)13-7-4-11(16)9-14(13)17/h2-7,9,15,18-19H,8H2,1H3. The number of aromatic hydroxyl groups is 1. The van der Waals surface area contributed by atoms with Crippen LogP contribution in [-0.2, 0) is 6.42 Å². The van der Waals surface area contributed by atoms with Crippen molar-refractivity contribution in [2.24, 2.45) is 0 Å². The fourth-order valence-electron chi connectivity index (χ4n) is 2.02. The summed E-state index contributed by atoms with van der Waals surface area (Å²) in [6.07, 6.45) is 0.555. The summed E-state index contributed by atoms with van der Waals surface area (Å²) in [6.45, 7) is 0. The molecular formula is C15H15F2NO. The van der Waals surface area contributed by atoms with Crippen LogP contribution in [0.5, 0.6) is 5.75 Å². The molecule has 0 saturated carbocycles. The first-order chi connectivity index (χ1) is 9.10. The van der Waals surface area contributed by atoms with Crippen LogP contribution in [0, 0.1) is 11.6 Å². The molecule has 0 fully saturated rings. The minimum absolute atomic E-state index is 0.192. The van der Waals surface area contributed by atoms with E-state index in [-0.39, 0.29) is 11.8 Å². The van der Waals surface area contributed by atoms with Crippen LogP contribution in [0.2, 0.25) is 0 Å². The number of phenolic OH excluding ortho intramolecular Hbond substituents is 1. The van der Waals surface area contributed by atoms with Crippen LogP contribution in [-0.4, -0.2) is 12.2 Å². The second-order valence-corrected chi connectivity index (χ2v) is 4.38. The van der Waals surface area contributed by atoms with Crippen molar-refractivity contribution in [2.75, 3.05) is 7.05 Å². The molecule has 0 amide bonds. The summed E-state index contributed by atoms with van der Waals surface area (Å²) in [7, 11) is 1.73. The molecule has 100 valence electrons. The van der Waals surface area contributed by atoms with Crippen LogP contribution >= 0.6 is 0 Å². The van der Waals surface area contributed by atoms with Gasteiger partial charge in [0.05, 0.1) is 0 Å². The van der Waals surface area contributed by atoms with Crippen LogP contribution in [0.15, 0.2) is 42.5 Å². The predicted octanol–water partition coefficient (Wildman–Crippen LogP) is 3.17. The number of halogens is 2. The van der Waals surface area contributed by atoms with E-state index in [9.17, 15) is 13.9 Å². The van der Waals surface area contributed by atoms with Gasteiger partial charge in [-0.05, 0) is 37.2 Å². The fraction of sp³-hybridized carbons (Fsp3) is 0.200. The van der Waals surface area contributed by atoms with Crippen LogP contribution in [0.25, 0.3) is 0 Å². The van der Waals surface area contributed by atoms with Crippen molar-refractivity contribution < 1.29 is 13.9 Å². The number of phenols is 1. The van der Waals surface area contributed by atoms with E-state index in [0.717, 1.165) is 11.6 Å². The van der Waals surface area contributed by atoms with Gasteiger partial charge in [0.2, 0.25) is 0 Å². The molecule has 0 spiro atoms. The minimum Gasteiger partial charge on any atom is -0.508 e. The summed E-state index contributed by atoms with van der Waals surface area (Å²) >= 11 is 0. The average Bonchev–Trinajstić information content (AvgIpc) is 2.39. The first-order valence-corrected chi connectivity index (χ1v) is 6.00. The first-order valence-electron chi connectivity index (χ1n) is 6.00. The van der Waals surface area contributed by atoms with Crippen molar-refractivity contribution in [3.8, 4) is 5.75 Å². The Labute approximate surface area is 110 Å². The smallest absolute Gasteiger partial charge is 0.130 e. The van der Waals surface area contributed by atoms with Gasteiger partial charge >= 0.3 is 0 Å². The van der Waals surface area contributed by atoms with Gasteiger partial charge in [-0.1, -0.05) is 18.2 Å². The third-order valence-electron chi connectivity index (χ3n) is 3.06. The third-order valence-corrected chi connectivity index (χ3v) is 3.06. The maximum absolute atomic E-state index is 13.7. The van der Waals surface area contributed by atoms with E-state index < -0.39 is 11.6 Å². The molecule has 0 bridgehead atoms. The zero-order chi connectivity index (χ0) is 13.8. The van der Waals surface area contributed by atoms with Gasteiger partial charge < -0.3 is 10.4 Å². The molecule has 2 N–H and O–H groups in total. The van der Waals surface area contributed by atoms with E-state index in [4.69, 9.17) is 0 Å². The maximum Gasteiger partial charge on any atom is 0.130 e. The van der Waals surface area contributed by atoms with Crippen LogP contribution < -0.4 is 5.32 Å². The SMILES string of the molecule is CNC(Cc1ccc(O)cc1)c1ccc(F)cc1F. The van der Waals surface area contributed by atoms with Crippen molar-refractivity contribution in [3.63, 3.8) is 0 Å². The van der Waals surface area contributed by atoms with E-state index in [2.05, 4.69) is 5.32 Å². The van der Waals surface area contributed by atoms with E-state index in [1.807, 2.05) is 0 Å². The Morgan fingerprint density at radius 2 is 1.79 bits per heavy atom. The van der Waals surface area contributed by atoms with Gasteiger partial charge in [0.25, 0.3) is 0 Å². The molecule has 19 heavy (non-hydrogen) atoms. The summed E-state index contributed by atoms with van der Waals surface area (Å²) in [6, 6.07) is 10.1.